The van der Waals surface area contributed by atoms with Crippen LogP contribution in [0.25, 0.3) is 6.08 Å². The third-order valence-electron chi connectivity index (χ3n) is 5.16. The Labute approximate surface area is 186 Å². The Bertz CT molecular complexity index is 1020. The molecule has 1 fully saturated rings. The van der Waals surface area contributed by atoms with Gasteiger partial charge in [-0.05, 0) is 40.8 Å². The lowest BCUT2D eigenvalue weighted by Crippen LogP contribution is -2.50. The highest BCUT2D eigenvalue weighted by Crippen LogP contribution is 2.16. The monoisotopic (exact) mass is 432 g/mol. The van der Waals surface area contributed by atoms with Crippen LogP contribution in [-0.4, -0.2) is 47.8 Å². The lowest BCUT2D eigenvalue weighted by molar-refractivity contribution is -0.127. The summed E-state index contributed by atoms with van der Waals surface area (Å²) in [4.78, 5) is 29.3. The third-order valence-corrected chi connectivity index (χ3v) is 6.02. The molecule has 2 aromatic carbocycles. The first-order valence-electron chi connectivity index (χ1n) is 10.3. The van der Waals surface area contributed by atoms with E-state index in [0.29, 0.717) is 32.8 Å². The molecule has 1 saturated heterocycles. The molecule has 0 atom stereocenters. The number of hydrogen-bond acceptors (Lipinski definition) is 4. The summed E-state index contributed by atoms with van der Waals surface area (Å²) < 4.78 is 5.79. The highest BCUT2D eigenvalue weighted by Gasteiger charge is 2.24. The van der Waals surface area contributed by atoms with E-state index in [2.05, 4.69) is 0 Å². The standard InChI is InChI=1S/C25H24N2O3S/c28-24(26-14-16-27(17-15-26)25(29)23-7-4-18-31-23)13-10-20-8-11-22(12-9-20)30-19-21-5-2-1-3-6-21/h1-13,18H,14-17,19H2/b13-10+. The predicted octanol–water partition coefficient (Wildman–Crippen LogP) is 4.32. The molecular weight excluding hydrogens is 408 g/mol. The normalized spacial score (nSPS) is 14.1. The molecule has 31 heavy (non-hydrogen) atoms. The average Bonchev–Trinajstić information content (AvgIpc) is 3.37. The summed E-state index contributed by atoms with van der Waals surface area (Å²) >= 11 is 1.45. The number of nitrogens with zero attached hydrogens (tertiary/aromatic N) is 2. The van der Waals surface area contributed by atoms with Crippen molar-refractivity contribution in [2.24, 2.45) is 0 Å². The summed E-state index contributed by atoms with van der Waals surface area (Å²) in [6.07, 6.45) is 3.41. The molecule has 0 radical (unpaired) electrons. The van der Waals surface area contributed by atoms with Gasteiger partial charge in [0.1, 0.15) is 12.4 Å². The molecule has 2 amide bonds. The van der Waals surface area contributed by atoms with E-state index >= 15 is 0 Å². The van der Waals surface area contributed by atoms with Gasteiger partial charge < -0.3 is 14.5 Å². The summed E-state index contributed by atoms with van der Waals surface area (Å²) in [6, 6.07) is 21.4. The Balaban J connectivity index is 1.25. The van der Waals surface area contributed by atoms with Gasteiger partial charge >= 0.3 is 0 Å². The molecule has 6 heteroatoms. The molecule has 5 nitrogen and oxygen atoms in total. The van der Waals surface area contributed by atoms with E-state index in [1.807, 2.05) is 83.1 Å². The van der Waals surface area contributed by atoms with E-state index in [0.717, 1.165) is 21.8 Å². The zero-order valence-corrected chi connectivity index (χ0v) is 18.0. The van der Waals surface area contributed by atoms with Crippen LogP contribution in [0.4, 0.5) is 0 Å². The van der Waals surface area contributed by atoms with Crippen molar-refractivity contribution in [3.63, 3.8) is 0 Å². The lowest BCUT2D eigenvalue weighted by Gasteiger charge is -2.34. The second-order valence-corrected chi connectivity index (χ2v) is 8.22. The fraction of sp³-hybridized carbons (Fsp3) is 0.200. The number of hydrogen-bond donors (Lipinski definition) is 0. The number of amides is 2. The van der Waals surface area contributed by atoms with Gasteiger partial charge in [-0.25, -0.2) is 0 Å². The van der Waals surface area contributed by atoms with Crippen LogP contribution in [0.15, 0.2) is 78.2 Å². The van der Waals surface area contributed by atoms with Gasteiger partial charge in [0.05, 0.1) is 4.88 Å². The van der Waals surface area contributed by atoms with Gasteiger partial charge in [-0.3, -0.25) is 9.59 Å². The van der Waals surface area contributed by atoms with Crippen LogP contribution in [0, 0.1) is 0 Å². The maximum absolute atomic E-state index is 12.5. The highest BCUT2D eigenvalue weighted by atomic mass is 32.1. The van der Waals surface area contributed by atoms with Gasteiger partial charge in [-0.2, -0.15) is 0 Å². The Morgan fingerprint density at radius 2 is 1.58 bits per heavy atom. The molecule has 1 aliphatic rings. The van der Waals surface area contributed by atoms with Crippen LogP contribution in [0.2, 0.25) is 0 Å². The van der Waals surface area contributed by atoms with Crippen molar-refractivity contribution in [2.45, 2.75) is 6.61 Å². The van der Waals surface area contributed by atoms with E-state index in [9.17, 15) is 9.59 Å². The minimum atomic E-state index is -0.0346. The van der Waals surface area contributed by atoms with E-state index in [4.69, 9.17) is 4.74 Å². The Hall–Kier alpha value is -3.38. The number of carbonyl (C=O) groups is 2. The zero-order valence-electron chi connectivity index (χ0n) is 17.1. The van der Waals surface area contributed by atoms with Gasteiger partial charge in [-0.1, -0.05) is 48.5 Å². The first-order chi connectivity index (χ1) is 15.2. The summed E-state index contributed by atoms with van der Waals surface area (Å²) in [5, 5.41) is 1.90. The van der Waals surface area contributed by atoms with Gasteiger partial charge in [0.15, 0.2) is 0 Å². The number of thiophene rings is 1. The summed E-state index contributed by atoms with van der Waals surface area (Å²) in [5.74, 6) is 0.804. The first kappa shape index (κ1) is 20.9. The molecule has 1 aromatic heterocycles. The van der Waals surface area contributed by atoms with Crippen molar-refractivity contribution in [1.29, 1.82) is 0 Å². The number of rotatable bonds is 6. The molecule has 4 rings (SSSR count). The van der Waals surface area contributed by atoms with Crippen LogP contribution < -0.4 is 4.74 Å². The van der Waals surface area contributed by atoms with E-state index in [1.54, 1.807) is 11.0 Å². The topological polar surface area (TPSA) is 49.9 Å². The third kappa shape index (κ3) is 5.61. The minimum Gasteiger partial charge on any atom is -0.489 e. The summed E-state index contributed by atoms with van der Waals surface area (Å²) in [7, 11) is 0. The molecule has 158 valence electrons. The second-order valence-electron chi connectivity index (χ2n) is 7.27. The van der Waals surface area contributed by atoms with Gasteiger partial charge in [0, 0.05) is 32.3 Å². The van der Waals surface area contributed by atoms with Crippen LogP contribution in [0.5, 0.6) is 5.75 Å². The summed E-state index contributed by atoms with van der Waals surface area (Å²) in [6.45, 7) is 2.74. The predicted molar refractivity (Wildman–Crippen MR) is 123 cm³/mol. The molecule has 2 heterocycles. The number of carbonyl (C=O) groups excluding carboxylic acids is 2. The second kappa shape index (κ2) is 10.1. The molecule has 3 aromatic rings. The van der Waals surface area contributed by atoms with E-state index in [1.165, 1.54) is 11.3 Å². The van der Waals surface area contributed by atoms with Gasteiger partial charge in [0.25, 0.3) is 5.91 Å². The van der Waals surface area contributed by atoms with Crippen molar-refractivity contribution in [2.75, 3.05) is 26.2 Å². The minimum absolute atomic E-state index is 0.0346. The summed E-state index contributed by atoms with van der Waals surface area (Å²) in [5.41, 5.74) is 2.06. The van der Waals surface area contributed by atoms with Crippen molar-refractivity contribution in [3.05, 3.63) is 94.2 Å². The Morgan fingerprint density at radius 1 is 0.871 bits per heavy atom. The maximum Gasteiger partial charge on any atom is 0.264 e. The van der Waals surface area contributed by atoms with Crippen molar-refractivity contribution < 1.29 is 14.3 Å². The van der Waals surface area contributed by atoms with Crippen LogP contribution in [-0.2, 0) is 11.4 Å². The molecule has 0 unspecified atom stereocenters. The fourth-order valence-corrected chi connectivity index (χ4v) is 4.07. The van der Waals surface area contributed by atoms with E-state index in [-0.39, 0.29) is 11.8 Å². The molecule has 0 saturated carbocycles. The van der Waals surface area contributed by atoms with Crippen LogP contribution in [0.1, 0.15) is 20.8 Å². The van der Waals surface area contributed by atoms with Crippen molar-refractivity contribution in [1.82, 2.24) is 9.80 Å². The Kier molecular flexibility index (Phi) is 6.79. The average molecular weight is 433 g/mol. The molecule has 1 aliphatic heterocycles. The molecule has 0 aliphatic carbocycles. The fourth-order valence-electron chi connectivity index (χ4n) is 3.38. The number of ether oxygens (including phenoxy) is 1. The van der Waals surface area contributed by atoms with Gasteiger partial charge in [0.2, 0.25) is 5.91 Å². The molecule has 0 N–H and O–H groups in total. The largest absolute Gasteiger partial charge is 0.489 e. The molecular formula is C25H24N2O3S. The Morgan fingerprint density at radius 3 is 2.26 bits per heavy atom. The van der Waals surface area contributed by atoms with E-state index < -0.39 is 0 Å². The van der Waals surface area contributed by atoms with Crippen LogP contribution >= 0.6 is 11.3 Å². The maximum atomic E-state index is 12.5. The van der Waals surface area contributed by atoms with Crippen LogP contribution in [0.3, 0.4) is 0 Å². The SMILES string of the molecule is O=C(/C=C/c1ccc(OCc2ccccc2)cc1)N1CCN(C(=O)c2cccs2)CC1. The number of benzene rings is 2. The lowest BCUT2D eigenvalue weighted by atomic mass is 10.2. The quantitative estimate of drug-likeness (QED) is 0.545. The van der Waals surface area contributed by atoms with Crippen molar-refractivity contribution >= 4 is 29.2 Å². The smallest absolute Gasteiger partial charge is 0.264 e. The number of piperazine rings is 1. The first-order valence-corrected chi connectivity index (χ1v) is 11.1. The highest BCUT2D eigenvalue weighted by molar-refractivity contribution is 7.12. The zero-order chi connectivity index (χ0) is 21.5. The molecule has 0 bridgehead atoms. The van der Waals surface area contributed by atoms with Crippen molar-refractivity contribution in [3.8, 4) is 5.75 Å². The van der Waals surface area contributed by atoms with Gasteiger partial charge in [-0.15, -0.1) is 11.3 Å². The molecule has 0 spiro atoms.